The topological polar surface area (TPSA) is 102 Å². The fourth-order valence-corrected chi connectivity index (χ4v) is 2.40. The van der Waals surface area contributed by atoms with Crippen LogP contribution in [0.4, 0.5) is 8.78 Å². The molecule has 0 radical (unpaired) electrons. The molecule has 120 valence electrons. The minimum atomic E-state index is -1.77. The third-order valence-corrected chi connectivity index (χ3v) is 3.50. The van der Waals surface area contributed by atoms with Crippen LogP contribution in [0, 0.1) is 17.6 Å². The summed E-state index contributed by atoms with van der Waals surface area (Å²) in [5.74, 6) is -2.01. The smallest absolute Gasteiger partial charge is 0.137 e. The van der Waals surface area contributed by atoms with Gasteiger partial charge in [-0.05, 0) is 12.5 Å². The monoisotopic (exact) mass is 313 g/mol. The highest BCUT2D eigenvalue weighted by Crippen LogP contribution is 2.33. The minimum absolute atomic E-state index is 0.119. The molecule has 8 heteroatoms. The van der Waals surface area contributed by atoms with Crippen molar-refractivity contribution in [3.63, 3.8) is 0 Å². The number of rotatable bonds is 7. The van der Waals surface area contributed by atoms with Crippen LogP contribution in [0.5, 0.6) is 0 Å². The van der Waals surface area contributed by atoms with Gasteiger partial charge < -0.3 is 15.3 Å². The highest BCUT2D eigenvalue weighted by atomic mass is 19.1. The van der Waals surface area contributed by atoms with Gasteiger partial charge >= 0.3 is 0 Å². The van der Waals surface area contributed by atoms with Crippen LogP contribution in [0.3, 0.4) is 0 Å². The number of aromatic amines is 1. The molecule has 1 aromatic heterocycles. The van der Waals surface area contributed by atoms with E-state index in [1.54, 1.807) is 0 Å². The van der Waals surface area contributed by atoms with Gasteiger partial charge in [0.25, 0.3) is 0 Å². The lowest BCUT2D eigenvalue weighted by Crippen LogP contribution is -2.35. The molecule has 0 spiro atoms. The Labute approximate surface area is 125 Å². The molecule has 0 aliphatic carbocycles. The van der Waals surface area contributed by atoms with Gasteiger partial charge in [0, 0.05) is 37.2 Å². The maximum absolute atomic E-state index is 14.1. The number of aliphatic hydroxyl groups excluding tert-OH is 2. The maximum Gasteiger partial charge on any atom is 0.137 e. The predicted molar refractivity (Wildman–Crippen MR) is 72.6 cm³/mol. The second-order valence-corrected chi connectivity index (χ2v) is 5.20. The summed E-state index contributed by atoms with van der Waals surface area (Å²) < 4.78 is 27.1. The second-order valence-electron chi connectivity index (χ2n) is 5.20. The van der Waals surface area contributed by atoms with E-state index in [0.717, 1.165) is 12.1 Å². The van der Waals surface area contributed by atoms with Crippen LogP contribution in [-0.4, -0.2) is 43.7 Å². The number of benzene rings is 1. The largest absolute Gasteiger partial charge is 0.396 e. The summed E-state index contributed by atoms with van der Waals surface area (Å²) in [5, 5.41) is 35.5. The van der Waals surface area contributed by atoms with Gasteiger partial charge in [0.05, 0.1) is 5.60 Å². The lowest BCUT2D eigenvalue weighted by Gasteiger charge is -2.31. The zero-order valence-electron chi connectivity index (χ0n) is 11.7. The summed E-state index contributed by atoms with van der Waals surface area (Å²) in [6.45, 7) is -0.754. The van der Waals surface area contributed by atoms with Crippen LogP contribution < -0.4 is 0 Å². The first-order chi connectivity index (χ1) is 10.5. The molecule has 0 saturated heterocycles. The number of hydrogen-bond acceptors (Lipinski definition) is 5. The van der Waals surface area contributed by atoms with Crippen molar-refractivity contribution in [1.29, 1.82) is 0 Å². The molecule has 1 aromatic carbocycles. The normalized spacial score (nSPS) is 14.3. The molecule has 6 nitrogen and oxygen atoms in total. The van der Waals surface area contributed by atoms with E-state index in [1.807, 2.05) is 0 Å². The SMILES string of the molecule is OCC(CO)C[C@](O)(Cc1ncn[nH]1)c1ccc(F)cc1F. The first-order valence-electron chi connectivity index (χ1n) is 6.72. The third kappa shape index (κ3) is 3.65. The molecule has 2 aromatic rings. The van der Waals surface area contributed by atoms with E-state index in [1.165, 1.54) is 6.33 Å². The Kier molecular flexibility index (Phi) is 5.17. The zero-order chi connectivity index (χ0) is 16.2. The van der Waals surface area contributed by atoms with Crippen molar-refractivity contribution >= 4 is 0 Å². The standard InChI is InChI=1S/C14H17F2N3O3/c15-10-1-2-11(12(16)3-10)14(22,4-9(6-20)7-21)5-13-17-8-18-19-13/h1-3,8-9,20-22H,4-7H2,(H,17,18,19)/t14-/m0/s1. The average molecular weight is 313 g/mol. The Bertz CT molecular complexity index is 605. The number of nitrogens with one attached hydrogen (secondary N) is 1. The quantitative estimate of drug-likeness (QED) is 0.596. The minimum Gasteiger partial charge on any atom is -0.396 e. The van der Waals surface area contributed by atoms with Gasteiger partial charge in [-0.2, -0.15) is 5.10 Å². The lowest BCUT2D eigenvalue weighted by atomic mass is 9.82. The van der Waals surface area contributed by atoms with Crippen molar-refractivity contribution in [2.24, 2.45) is 5.92 Å². The average Bonchev–Trinajstić information content (AvgIpc) is 2.97. The Morgan fingerprint density at radius 3 is 2.50 bits per heavy atom. The van der Waals surface area contributed by atoms with Crippen LogP contribution in [0.25, 0.3) is 0 Å². The van der Waals surface area contributed by atoms with Crippen molar-refractivity contribution < 1.29 is 24.1 Å². The summed E-state index contributed by atoms with van der Waals surface area (Å²) in [5.41, 5.74) is -1.90. The highest BCUT2D eigenvalue weighted by molar-refractivity contribution is 5.26. The zero-order valence-corrected chi connectivity index (χ0v) is 11.7. The molecule has 0 bridgehead atoms. The molecule has 22 heavy (non-hydrogen) atoms. The second kappa shape index (κ2) is 6.91. The Balaban J connectivity index is 2.39. The summed E-state index contributed by atoms with van der Waals surface area (Å²) in [6.07, 6.45) is 1.00. The van der Waals surface area contributed by atoms with Gasteiger partial charge in [-0.1, -0.05) is 6.07 Å². The fourth-order valence-electron chi connectivity index (χ4n) is 2.40. The molecule has 0 amide bonds. The van der Waals surface area contributed by atoms with Gasteiger partial charge in [-0.15, -0.1) is 0 Å². The van der Waals surface area contributed by atoms with Crippen molar-refractivity contribution in [1.82, 2.24) is 15.2 Å². The van der Waals surface area contributed by atoms with Gasteiger partial charge in [-0.25, -0.2) is 13.8 Å². The van der Waals surface area contributed by atoms with E-state index >= 15 is 0 Å². The molecule has 2 rings (SSSR count). The number of aliphatic hydroxyl groups is 3. The predicted octanol–water partition coefficient (Wildman–Crippen LogP) is 0.504. The molecular weight excluding hydrogens is 296 g/mol. The van der Waals surface area contributed by atoms with Crippen LogP contribution in [0.15, 0.2) is 24.5 Å². The first-order valence-corrected chi connectivity index (χ1v) is 6.72. The van der Waals surface area contributed by atoms with Gasteiger partial charge in [-0.3, -0.25) is 5.10 Å². The Morgan fingerprint density at radius 1 is 1.23 bits per heavy atom. The number of H-pyrrole nitrogens is 1. The number of nitrogens with zero attached hydrogens (tertiary/aromatic N) is 2. The van der Waals surface area contributed by atoms with Crippen molar-refractivity contribution in [3.05, 3.63) is 47.5 Å². The molecule has 0 aliphatic rings. The lowest BCUT2D eigenvalue weighted by molar-refractivity contribution is -0.0134. The van der Waals surface area contributed by atoms with E-state index in [9.17, 15) is 24.1 Å². The number of halogens is 2. The highest BCUT2D eigenvalue weighted by Gasteiger charge is 2.36. The number of hydrogen-bond donors (Lipinski definition) is 4. The van der Waals surface area contributed by atoms with E-state index in [2.05, 4.69) is 15.2 Å². The van der Waals surface area contributed by atoms with Gasteiger partial charge in [0.2, 0.25) is 0 Å². The molecule has 4 N–H and O–H groups in total. The molecule has 1 heterocycles. The Morgan fingerprint density at radius 2 is 1.95 bits per heavy atom. The van der Waals surface area contributed by atoms with Crippen molar-refractivity contribution in [2.75, 3.05) is 13.2 Å². The van der Waals surface area contributed by atoms with Gasteiger partial charge in [0.15, 0.2) is 0 Å². The summed E-state index contributed by atoms with van der Waals surface area (Å²) >= 11 is 0. The summed E-state index contributed by atoms with van der Waals surface area (Å²) in [4.78, 5) is 3.88. The molecule has 0 saturated carbocycles. The van der Waals surface area contributed by atoms with E-state index in [0.29, 0.717) is 11.9 Å². The van der Waals surface area contributed by atoms with E-state index in [-0.39, 0.29) is 31.6 Å². The van der Waals surface area contributed by atoms with Crippen molar-refractivity contribution in [3.8, 4) is 0 Å². The van der Waals surface area contributed by atoms with Crippen LogP contribution in [0.1, 0.15) is 17.8 Å². The maximum atomic E-state index is 14.1. The molecule has 0 aliphatic heterocycles. The van der Waals surface area contributed by atoms with Crippen LogP contribution in [-0.2, 0) is 12.0 Å². The number of aromatic nitrogens is 3. The van der Waals surface area contributed by atoms with E-state index < -0.39 is 23.2 Å². The van der Waals surface area contributed by atoms with Gasteiger partial charge in [0.1, 0.15) is 23.8 Å². The molecule has 0 unspecified atom stereocenters. The molecule has 0 fully saturated rings. The Hall–Kier alpha value is -1.90. The van der Waals surface area contributed by atoms with Crippen LogP contribution >= 0.6 is 0 Å². The van der Waals surface area contributed by atoms with Crippen LogP contribution in [0.2, 0.25) is 0 Å². The molecule has 1 atom stereocenters. The van der Waals surface area contributed by atoms with E-state index in [4.69, 9.17) is 0 Å². The van der Waals surface area contributed by atoms with Crippen molar-refractivity contribution in [2.45, 2.75) is 18.4 Å². The summed E-state index contributed by atoms with van der Waals surface area (Å²) in [7, 11) is 0. The fraction of sp³-hybridized carbons (Fsp3) is 0.429. The third-order valence-electron chi connectivity index (χ3n) is 3.50. The molecular formula is C14H17F2N3O3. The first kappa shape index (κ1) is 16.5. The summed E-state index contributed by atoms with van der Waals surface area (Å²) in [6, 6.07) is 2.86.